The molecule has 3 aromatic heterocycles. The van der Waals surface area contributed by atoms with Gasteiger partial charge in [0.2, 0.25) is 5.95 Å². The maximum absolute atomic E-state index is 9.63. The van der Waals surface area contributed by atoms with Crippen LogP contribution in [-0.2, 0) is 6.54 Å². The number of nitriles is 1. The maximum Gasteiger partial charge on any atom is 0.229 e. The number of rotatable bonds is 7. The van der Waals surface area contributed by atoms with E-state index in [9.17, 15) is 5.11 Å². The van der Waals surface area contributed by atoms with Crippen LogP contribution in [0.25, 0.3) is 11.0 Å². The van der Waals surface area contributed by atoms with Gasteiger partial charge in [-0.15, -0.1) is 5.10 Å². The molecule has 1 aliphatic rings. The van der Waals surface area contributed by atoms with E-state index in [1.54, 1.807) is 30.1 Å². The molecule has 1 unspecified atom stereocenters. The lowest BCUT2D eigenvalue weighted by molar-refractivity contribution is 0.169. The summed E-state index contributed by atoms with van der Waals surface area (Å²) in [5, 5.41) is 34.0. The first-order chi connectivity index (χ1) is 17.5. The summed E-state index contributed by atoms with van der Waals surface area (Å²) >= 11 is 6.39. The van der Waals surface area contributed by atoms with Crippen molar-refractivity contribution in [2.24, 2.45) is 0 Å². The Morgan fingerprint density at radius 3 is 2.75 bits per heavy atom. The number of anilines is 4. The van der Waals surface area contributed by atoms with Crippen LogP contribution in [0.5, 0.6) is 0 Å². The van der Waals surface area contributed by atoms with Gasteiger partial charge in [0.15, 0.2) is 5.82 Å². The first kappa shape index (κ1) is 23.7. The topological polar surface area (TPSA) is 141 Å². The summed E-state index contributed by atoms with van der Waals surface area (Å²) in [6, 6.07) is 11.6. The number of halogens is 1. The molecule has 0 amide bonds. The van der Waals surface area contributed by atoms with Crippen molar-refractivity contribution in [1.29, 1.82) is 5.26 Å². The minimum atomic E-state index is -0.513. The van der Waals surface area contributed by atoms with Crippen molar-refractivity contribution in [3.63, 3.8) is 0 Å². The molecule has 4 heterocycles. The maximum atomic E-state index is 9.63. The second-order valence-electron chi connectivity index (χ2n) is 8.76. The molecule has 11 nitrogen and oxygen atoms in total. The van der Waals surface area contributed by atoms with Crippen LogP contribution in [0.15, 0.2) is 42.7 Å². The van der Waals surface area contributed by atoms with Gasteiger partial charge in [-0.2, -0.15) is 10.2 Å². The van der Waals surface area contributed by atoms with Crippen LogP contribution in [0, 0.1) is 11.3 Å². The third-order valence-electron chi connectivity index (χ3n) is 5.99. The highest BCUT2D eigenvalue weighted by Crippen LogP contribution is 2.26. The average molecular weight is 505 g/mol. The second-order valence-corrected chi connectivity index (χ2v) is 9.17. The molecule has 0 radical (unpaired) electrons. The Labute approximate surface area is 212 Å². The monoisotopic (exact) mass is 504 g/mol. The molecule has 0 aliphatic carbocycles. The van der Waals surface area contributed by atoms with Crippen molar-refractivity contribution in [3.05, 3.63) is 53.3 Å². The van der Waals surface area contributed by atoms with Crippen molar-refractivity contribution in [2.75, 3.05) is 28.6 Å². The zero-order valence-electron chi connectivity index (χ0n) is 19.6. The quantitative estimate of drug-likeness (QED) is 0.343. The van der Waals surface area contributed by atoms with E-state index in [1.165, 1.54) is 0 Å². The van der Waals surface area contributed by atoms with Crippen molar-refractivity contribution >= 4 is 45.9 Å². The van der Waals surface area contributed by atoms with E-state index < -0.39 is 6.10 Å². The number of hydrogen-bond donors (Lipinski definition) is 3. The average Bonchev–Trinajstić information content (AvgIpc) is 3.28. The fourth-order valence-corrected chi connectivity index (χ4v) is 4.32. The Balaban J connectivity index is 1.22. The highest BCUT2D eigenvalue weighted by Gasteiger charge is 2.21. The Bertz CT molecular complexity index is 1390. The van der Waals surface area contributed by atoms with Gasteiger partial charge in [0.25, 0.3) is 0 Å². The number of hydrogen-bond acceptors (Lipinski definition) is 10. The van der Waals surface area contributed by atoms with Crippen molar-refractivity contribution in [1.82, 2.24) is 29.9 Å². The Morgan fingerprint density at radius 2 is 2.03 bits per heavy atom. The van der Waals surface area contributed by atoms with Crippen LogP contribution in [0.4, 0.5) is 23.3 Å². The van der Waals surface area contributed by atoms with E-state index in [1.807, 2.05) is 24.3 Å². The zero-order chi connectivity index (χ0) is 25.1. The number of aliphatic hydroxyl groups is 1. The predicted octanol–water partition coefficient (Wildman–Crippen LogP) is 3.35. The summed E-state index contributed by atoms with van der Waals surface area (Å²) < 4.78 is 1.67. The van der Waals surface area contributed by atoms with Gasteiger partial charge < -0.3 is 20.6 Å². The molecule has 1 aromatic carbocycles. The molecule has 1 atom stereocenters. The summed E-state index contributed by atoms with van der Waals surface area (Å²) in [6.07, 6.45) is 4.45. The molecule has 3 N–H and O–H groups in total. The minimum Gasteiger partial charge on any atom is -0.391 e. The van der Waals surface area contributed by atoms with Crippen LogP contribution in [-0.4, -0.2) is 60.3 Å². The number of aliphatic hydroxyl groups excluding tert-OH is 1. The van der Waals surface area contributed by atoms with Gasteiger partial charge in [-0.3, -0.25) is 0 Å². The SMILES string of the molecule is CC(O)Cn1nnc2cc(Nc3ncc(Cl)c(NC4CCN(c5ccc(C#N)cn5)CC4)n3)ccc21. The summed E-state index contributed by atoms with van der Waals surface area (Å²) in [5.41, 5.74) is 2.86. The molecule has 36 heavy (non-hydrogen) atoms. The van der Waals surface area contributed by atoms with E-state index in [4.69, 9.17) is 16.9 Å². The number of nitrogens with zero attached hydrogens (tertiary/aromatic N) is 8. The van der Waals surface area contributed by atoms with E-state index in [2.05, 4.69) is 46.9 Å². The number of pyridine rings is 1. The molecule has 0 saturated carbocycles. The number of aromatic nitrogens is 6. The fraction of sp³-hybridized carbons (Fsp3) is 0.333. The van der Waals surface area contributed by atoms with E-state index in [-0.39, 0.29) is 6.04 Å². The predicted molar refractivity (Wildman–Crippen MR) is 137 cm³/mol. The molecular weight excluding hydrogens is 480 g/mol. The lowest BCUT2D eigenvalue weighted by atomic mass is 10.0. The number of nitrogens with one attached hydrogen (secondary N) is 2. The highest BCUT2D eigenvalue weighted by atomic mass is 35.5. The van der Waals surface area contributed by atoms with Crippen LogP contribution in [0.2, 0.25) is 5.02 Å². The van der Waals surface area contributed by atoms with Crippen LogP contribution in [0.3, 0.4) is 0 Å². The normalized spacial score (nSPS) is 15.0. The van der Waals surface area contributed by atoms with Crippen molar-refractivity contribution < 1.29 is 5.11 Å². The smallest absolute Gasteiger partial charge is 0.229 e. The van der Waals surface area contributed by atoms with E-state index in [0.29, 0.717) is 34.4 Å². The van der Waals surface area contributed by atoms with Crippen LogP contribution in [0.1, 0.15) is 25.3 Å². The summed E-state index contributed by atoms with van der Waals surface area (Å²) in [5.74, 6) is 1.87. The van der Waals surface area contributed by atoms with Crippen LogP contribution < -0.4 is 15.5 Å². The van der Waals surface area contributed by atoms with Gasteiger partial charge in [0.05, 0.1) is 29.9 Å². The standard InChI is InChI=1S/C24H25ClN10O/c1-15(36)14-35-21-4-3-18(10-20(21)32-33-35)30-24-28-13-19(25)23(31-24)29-17-6-8-34(9-7-17)22-5-2-16(11-26)12-27-22/h2-5,10,12-13,15,17,36H,6-9,14H2,1H3,(H2,28,29,30,31). The number of benzene rings is 1. The summed E-state index contributed by atoms with van der Waals surface area (Å²) in [7, 11) is 0. The number of piperidine rings is 1. The van der Waals surface area contributed by atoms with E-state index >= 15 is 0 Å². The van der Waals surface area contributed by atoms with E-state index in [0.717, 1.165) is 43.0 Å². The first-order valence-corrected chi connectivity index (χ1v) is 12.0. The van der Waals surface area contributed by atoms with Gasteiger partial charge in [0.1, 0.15) is 22.4 Å². The van der Waals surface area contributed by atoms with Crippen LogP contribution >= 0.6 is 11.6 Å². The molecule has 184 valence electrons. The summed E-state index contributed by atoms with van der Waals surface area (Å²) in [4.78, 5) is 15.5. The van der Waals surface area contributed by atoms with Gasteiger partial charge in [0, 0.05) is 31.0 Å². The highest BCUT2D eigenvalue weighted by molar-refractivity contribution is 6.32. The number of fused-ring (bicyclic) bond motifs is 1. The summed E-state index contributed by atoms with van der Waals surface area (Å²) in [6.45, 7) is 3.75. The third-order valence-corrected chi connectivity index (χ3v) is 6.26. The Morgan fingerprint density at radius 1 is 1.19 bits per heavy atom. The molecule has 5 rings (SSSR count). The zero-order valence-corrected chi connectivity index (χ0v) is 20.4. The fourth-order valence-electron chi connectivity index (χ4n) is 4.18. The molecule has 0 spiro atoms. The molecule has 1 fully saturated rings. The van der Waals surface area contributed by atoms with Gasteiger partial charge in [-0.25, -0.2) is 14.6 Å². The van der Waals surface area contributed by atoms with Gasteiger partial charge in [-0.05, 0) is 50.1 Å². The van der Waals surface area contributed by atoms with Crippen molar-refractivity contribution in [3.8, 4) is 6.07 Å². The Hall–Kier alpha value is -4.01. The minimum absolute atomic E-state index is 0.209. The third kappa shape index (κ3) is 5.30. The lowest BCUT2D eigenvalue weighted by Crippen LogP contribution is -2.39. The molecule has 1 aliphatic heterocycles. The molecule has 0 bridgehead atoms. The van der Waals surface area contributed by atoms with Crippen molar-refractivity contribution in [2.45, 2.75) is 38.5 Å². The Kier molecular flexibility index (Phi) is 6.79. The first-order valence-electron chi connectivity index (χ1n) is 11.7. The van der Waals surface area contributed by atoms with Gasteiger partial charge >= 0.3 is 0 Å². The molecular formula is C24H25ClN10O. The second kappa shape index (κ2) is 10.3. The molecule has 1 saturated heterocycles. The van der Waals surface area contributed by atoms with Gasteiger partial charge in [-0.1, -0.05) is 16.8 Å². The molecule has 12 heteroatoms. The molecule has 4 aromatic rings. The lowest BCUT2D eigenvalue weighted by Gasteiger charge is -2.33. The largest absolute Gasteiger partial charge is 0.391 e.